The number of allylic oxidation sites excluding steroid dienone is 30. The Balaban J connectivity index is 4.52. The Morgan fingerprint density at radius 3 is 0.684 bits per heavy atom. The van der Waals surface area contributed by atoms with Gasteiger partial charge in [-0.2, -0.15) is 0 Å². The molecule has 0 saturated heterocycles. The number of aliphatic hydroxyl groups excluding tert-OH is 2. The molecule has 0 rings (SSSR count). The molecule has 0 heterocycles. The van der Waals surface area contributed by atoms with Gasteiger partial charge in [0.15, 0.2) is 6.10 Å². The summed E-state index contributed by atoms with van der Waals surface area (Å²) in [5.41, 5.74) is 0. The van der Waals surface area contributed by atoms with E-state index in [1.165, 1.54) is 141 Å². The molecule has 0 radical (unpaired) electrons. The monoisotopic (exact) mass is 1670 g/mol. The number of ether oxygens (including phenoxy) is 3. The second kappa shape index (κ2) is 89.9. The van der Waals surface area contributed by atoms with Gasteiger partial charge < -0.3 is 34.2 Å². The third kappa shape index (κ3) is 91.2. The van der Waals surface area contributed by atoms with Crippen LogP contribution in [0.3, 0.4) is 0 Å². The number of hydrogen-bond donors (Lipinski definition) is 4. The Morgan fingerprint density at radius 2 is 0.427 bits per heavy atom. The van der Waals surface area contributed by atoms with Gasteiger partial charge in [-0.15, -0.1) is 0 Å². The average molecular weight is 1670 g/mol. The molecule has 16 nitrogen and oxygen atoms in total. The van der Waals surface area contributed by atoms with Crippen molar-refractivity contribution in [2.75, 3.05) is 39.6 Å². The number of carbonyl (C=O) groups excluding carboxylic acids is 3. The van der Waals surface area contributed by atoms with Crippen molar-refractivity contribution in [3.63, 3.8) is 0 Å². The molecule has 117 heavy (non-hydrogen) atoms. The molecule has 0 aliphatic carbocycles. The van der Waals surface area contributed by atoms with Crippen LogP contribution in [0.1, 0.15) is 367 Å². The summed E-state index contributed by atoms with van der Waals surface area (Å²) in [5.74, 6) is -1.61. The lowest BCUT2D eigenvalue weighted by Gasteiger charge is -2.21. The standard InChI is InChI=1S/C99H166O16P2/c1-4-7-10-13-16-19-22-25-28-31-34-36-38-40-42-43-44-45-46-47-48-49-51-53-54-56-59-61-64-67-70-73-76-79-82-85-97(102)109-88-94(100)89-111-116(105,106)112-90-95(101)91-113-117(107,108)114-93-96(115-99(104)87-84-81-78-75-72-69-66-63-58-33-30-27-24-21-18-15-12-9-6-3)92-110-98(103)86-83-80-77-74-71-68-65-62-60-57-55-52-50-41-39-37-35-32-29-26-23-20-17-14-11-8-5-2/h7-12,16-21,25-30,34-37,40-42,50,58,63,69,72,94-96,100-101H,4-6,13-15,22-24,31-33,38-39,43-49,51-57,59-62,64-68,70-71,73-93H2,1-3H3,(H,105,106)(H,107,108)/b10-7-,11-8-,12-9-,19-16-,20-17-,21-18-,28-25-,29-26-,30-27-,36-34-,37-35-,42-40-,50-41-,63-58-,72-69-. The summed E-state index contributed by atoms with van der Waals surface area (Å²) in [6, 6.07) is 0. The average Bonchev–Trinajstić information content (AvgIpc) is 0.904. The highest BCUT2D eigenvalue weighted by atomic mass is 31.2. The lowest BCUT2D eigenvalue weighted by atomic mass is 10.0. The molecule has 0 spiro atoms. The van der Waals surface area contributed by atoms with Crippen molar-refractivity contribution in [2.24, 2.45) is 0 Å². The molecule has 0 aromatic carbocycles. The van der Waals surface area contributed by atoms with Gasteiger partial charge in [-0.3, -0.25) is 32.5 Å². The molecule has 18 heteroatoms. The van der Waals surface area contributed by atoms with E-state index in [4.69, 9.17) is 32.3 Å². The van der Waals surface area contributed by atoms with Crippen molar-refractivity contribution < 1.29 is 75.8 Å². The predicted octanol–water partition coefficient (Wildman–Crippen LogP) is 28.4. The van der Waals surface area contributed by atoms with Gasteiger partial charge in [0.05, 0.1) is 26.4 Å². The van der Waals surface area contributed by atoms with Gasteiger partial charge in [-0.25, -0.2) is 9.13 Å². The first kappa shape index (κ1) is 112. The van der Waals surface area contributed by atoms with Crippen molar-refractivity contribution in [3.05, 3.63) is 182 Å². The SMILES string of the molecule is CC/C=C\C/C=C\C/C=C\C/C=C\C/C=C\CCCCCCCCCCCCCCCCCCCCCC(=O)OCC(O)COP(=O)(O)OCC(O)COP(=O)(O)OCC(COC(=O)CCCCCCCCCCCCC/C=C\C/C=C\C/C=C\C/C=C\C/C=C\CC)OC(=O)CCCCC/C=C\C/C=C\C/C=C\C/C=C\C/C=C\CC. The van der Waals surface area contributed by atoms with Crippen molar-refractivity contribution >= 4 is 33.6 Å². The van der Waals surface area contributed by atoms with E-state index in [9.17, 15) is 43.5 Å². The summed E-state index contributed by atoms with van der Waals surface area (Å²) in [5, 5.41) is 20.7. The van der Waals surface area contributed by atoms with E-state index >= 15 is 0 Å². The number of phosphoric ester groups is 2. The zero-order chi connectivity index (χ0) is 85.1. The molecule has 0 amide bonds. The van der Waals surface area contributed by atoms with Crippen LogP contribution in [-0.4, -0.2) is 95.9 Å². The summed E-state index contributed by atoms with van der Waals surface area (Å²) in [6.45, 7) is 2.33. The molecular weight excluding hydrogens is 1510 g/mol. The number of hydrogen-bond acceptors (Lipinski definition) is 14. The van der Waals surface area contributed by atoms with Crippen LogP contribution in [0.5, 0.6) is 0 Å². The predicted molar refractivity (Wildman–Crippen MR) is 491 cm³/mol. The van der Waals surface area contributed by atoms with Gasteiger partial charge in [-0.05, 0) is 154 Å². The lowest BCUT2D eigenvalue weighted by Crippen LogP contribution is -2.30. The molecule has 5 atom stereocenters. The van der Waals surface area contributed by atoms with E-state index in [-0.39, 0.29) is 19.3 Å². The van der Waals surface area contributed by atoms with Crippen LogP contribution in [0, 0.1) is 0 Å². The smallest absolute Gasteiger partial charge is 0.463 e. The summed E-state index contributed by atoms with van der Waals surface area (Å²) in [4.78, 5) is 59.0. The molecule has 4 N–H and O–H groups in total. The van der Waals surface area contributed by atoms with Crippen LogP contribution in [0.15, 0.2) is 182 Å². The first-order valence-electron chi connectivity index (χ1n) is 46.1. The molecule has 0 saturated carbocycles. The minimum absolute atomic E-state index is 0.0599. The van der Waals surface area contributed by atoms with E-state index in [0.29, 0.717) is 19.3 Å². The minimum Gasteiger partial charge on any atom is -0.463 e. The van der Waals surface area contributed by atoms with E-state index in [2.05, 4.69) is 203 Å². The van der Waals surface area contributed by atoms with Gasteiger partial charge in [0.25, 0.3) is 0 Å². The second-order valence-electron chi connectivity index (χ2n) is 30.3. The van der Waals surface area contributed by atoms with Gasteiger partial charge in [0.2, 0.25) is 0 Å². The van der Waals surface area contributed by atoms with E-state index < -0.39 is 91.5 Å². The minimum atomic E-state index is -4.95. The fraction of sp³-hybridized carbons (Fsp3) is 0.667. The number of rotatable bonds is 86. The van der Waals surface area contributed by atoms with Crippen LogP contribution < -0.4 is 0 Å². The number of phosphoric acid groups is 2. The van der Waals surface area contributed by atoms with E-state index in [0.717, 1.165) is 167 Å². The maximum atomic E-state index is 13.0. The van der Waals surface area contributed by atoms with Gasteiger partial charge in [0, 0.05) is 19.3 Å². The molecule has 0 bridgehead atoms. The van der Waals surface area contributed by atoms with Crippen LogP contribution in [0.25, 0.3) is 0 Å². The Bertz CT molecular complexity index is 2860. The Hall–Kier alpha value is -5.35. The third-order valence-corrected chi connectivity index (χ3v) is 21.0. The maximum absolute atomic E-state index is 13.0. The maximum Gasteiger partial charge on any atom is 0.472 e. The van der Waals surface area contributed by atoms with E-state index in [1.807, 2.05) is 0 Å². The fourth-order valence-corrected chi connectivity index (χ4v) is 13.8. The molecule has 668 valence electrons. The van der Waals surface area contributed by atoms with Crippen molar-refractivity contribution in [3.8, 4) is 0 Å². The van der Waals surface area contributed by atoms with Gasteiger partial charge >= 0.3 is 33.6 Å². The van der Waals surface area contributed by atoms with Crippen molar-refractivity contribution in [2.45, 2.75) is 386 Å². The summed E-state index contributed by atoms with van der Waals surface area (Å²) in [7, 11) is -9.82. The van der Waals surface area contributed by atoms with Gasteiger partial charge in [0.1, 0.15) is 25.4 Å². The molecule has 0 aliphatic heterocycles. The van der Waals surface area contributed by atoms with E-state index in [1.54, 1.807) is 0 Å². The van der Waals surface area contributed by atoms with Gasteiger partial charge in [-0.1, -0.05) is 376 Å². The fourth-order valence-electron chi connectivity index (χ4n) is 12.2. The highest BCUT2D eigenvalue weighted by molar-refractivity contribution is 7.47. The van der Waals surface area contributed by atoms with Crippen molar-refractivity contribution in [1.82, 2.24) is 0 Å². The molecular formula is C99H166O16P2. The van der Waals surface area contributed by atoms with Crippen molar-refractivity contribution in [1.29, 1.82) is 0 Å². The Kier molecular flexibility index (Phi) is 85.8. The Morgan fingerprint density at radius 1 is 0.239 bits per heavy atom. The number of esters is 3. The largest absolute Gasteiger partial charge is 0.472 e. The quantitative estimate of drug-likeness (QED) is 0.0146. The highest BCUT2D eigenvalue weighted by Gasteiger charge is 2.29. The molecule has 0 aromatic rings. The second-order valence-corrected chi connectivity index (χ2v) is 33.2. The number of unbranched alkanes of at least 4 members (excludes halogenated alkanes) is 33. The zero-order valence-electron chi connectivity index (χ0n) is 73.6. The molecule has 0 aliphatic rings. The summed E-state index contributed by atoms with van der Waals surface area (Å²) < 4.78 is 61.4. The van der Waals surface area contributed by atoms with Crippen LogP contribution >= 0.6 is 15.6 Å². The van der Waals surface area contributed by atoms with Crippen LogP contribution in [-0.2, 0) is 55.8 Å². The molecule has 5 unspecified atom stereocenters. The lowest BCUT2D eigenvalue weighted by molar-refractivity contribution is -0.161. The first-order valence-corrected chi connectivity index (χ1v) is 49.1. The first-order chi connectivity index (χ1) is 57.2. The molecule has 0 aromatic heterocycles. The number of aliphatic hydroxyl groups is 2. The topological polar surface area (TPSA) is 231 Å². The normalized spacial score (nSPS) is 14.6. The number of carbonyl (C=O) groups is 3. The zero-order valence-corrected chi connectivity index (χ0v) is 75.4. The highest BCUT2D eigenvalue weighted by Crippen LogP contribution is 2.45. The third-order valence-electron chi connectivity index (χ3n) is 19.1. The van der Waals surface area contributed by atoms with Crippen LogP contribution in [0.2, 0.25) is 0 Å². The van der Waals surface area contributed by atoms with Crippen LogP contribution in [0.4, 0.5) is 0 Å². The summed E-state index contributed by atoms with van der Waals surface area (Å²) in [6.07, 6.45) is 118. The molecule has 0 fully saturated rings. The summed E-state index contributed by atoms with van der Waals surface area (Å²) >= 11 is 0. The Labute approximate surface area is 713 Å².